The monoisotopic (exact) mass is 290 g/mol. The summed E-state index contributed by atoms with van der Waals surface area (Å²) in [6.07, 6.45) is 10.9. The maximum atomic E-state index is 11.9. The molecule has 0 unspecified atom stereocenters. The molecule has 4 rings (SSSR count). The van der Waals surface area contributed by atoms with E-state index in [2.05, 4.69) is 13.8 Å². The summed E-state index contributed by atoms with van der Waals surface area (Å²) >= 11 is 0. The minimum absolute atomic E-state index is 0.169. The van der Waals surface area contributed by atoms with Crippen LogP contribution in [0.3, 0.4) is 0 Å². The topological polar surface area (TPSA) is 37.3 Å². The van der Waals surface area contributed by atoms with Crippen LogP contribution in [0.4, 0.5) is 0 Å². The lowest BCUT2D eigenvalue weighted by molar-refractivity contribution is -0.197. The molecule has 0 aromatic carbocycles. The lowest BCUT2D eigenvalue weighted by atomic mass is 9.44. The summed E-state index contributed by atoms with van der Waals surface area (Å²) in [7, 11) is 0. The molecule has 4 aliphatic rings. The van der Waals surface area contributed by atoms with Gasteiger partial charge in [0.25, 0.3) is 0 Å². The third-order valence-electron chi connectivity index (χ3n) is 8.46. The number of ketones is 1. The van der Waals surface area contributed by atoms with Crippen LogP contribution < -0.4 is 0 Å². The molecule has 4 saturated carbocycles. The second kappa shape index (κ2) is 4.34. The molecule has 0 radical (unpaired) electrons. The Morgan fingerprint density at radius 3 is 2.62 bits per heavy atom. The van der Waals surface area contributed by atoms with E-state index in [1.807, 2.05) is 0 Å². The zero-order chi connectivity index (χ0) is 14.9. The van der Waals surface area contributed by atoms with Crippen molar-refractivity contribution < 1.29 is 9.90 Å². The standard InChI is InChI=1S/C19H30O2/c1-17-8-3-9-19(17,21)16-5-4-13-12-14(20)6-11-18(13,2)15(16)7-10-17/h13,15-16,21H,3-12H2,1-2H3/t13-,15-,16+,17+,18+,19-/m1/s1. The lowest BCUT2D eigenvalue weighted by Crippen LogP contribution is -2.61. The molecule has 0 spiro atoms. The van der Waals surface area contributed by atoms with E-state index in [1.54, 1.807) is 0 Å². The Morgan fingerprint density at radius 1 is 1.00 bits per heavy atom. The number of carbonyl (C=O) groups excluding carboxylic acids is 1. The fourth-order valence-electron chi connectivity index (χ4n) is 7.00. The molecule has 118 valence electrons. The molecule has 21 heavy (non-hydrogen) atoms. The van der Waals surface area contributed by atoms with Gasteiger partial charge >= 0.3 is 0 Å². The van der Waals surface area contributed by atoms with Crippen molar-refractivity contribution in [2.24, 2.45) is 28.6 Å². The number of hydrogen-bond donors (Lipinski definition) is 1. The molecule has 1 N–H and O–H groups in total. The van der Waals surface area contributed by atoms with Crippen LogP contribution in [0.1, 0.15) is 78.1 Å². The van der Waals surface area contributed by atoms with Crippen LogP contribution in [0.2, 0.25) is 0 Å². The van der Waals surface area contributed by atoms with Gasteiger partial charge in [0.1, 0.15) is 5.78 Å². The van der Waals surface area contributed by atoms with Gasteiger partial charge in [-0.3, -0.25) is 4.79 Å². The first-order valence-electron chi connectivity index (χ1n) is 9.13. The quantitative estimate of drug-likeness (QED) is 0.729. The van der Waals surface area contributed by atoms with E-state index >= 15 is 0 Å². The summed E-state index contributed by atoms with van der Waals surface area (Å²) in [5, 5.41) is 11.6. The Balaban J connectivity index is 1.69. The van der Waals surface area contributed by atoms with Gasteiger partial charge in [-0.05, 0) is 80.0 Å². The van der Waals surface area contributed by atoms with Gasteiger partial charge in [0, 0.05) is 12.8 Å². The van der Waals surface area contributed by atoms with E-state index in [-0.39, 0.29) is 5.41 Å². The van der Waals surface area contributed by atoms with Crippen LogP contribution in [0.5, 0.6) is 0 Å². The lowest BCUT2D eigenvalue weighted by Gasteiger charge is -2.62. The average molecular weight is 290 g/mol. The van der Waals surface area contributed by atoms with Crippen LogP contribution in [0.15, 0.2) is 0 Å². The highest BCUT2D eigenvalue weighted by Gasteiger charge is 2.64. The van der Waals surface area contributed by atoms with E-state index in [1.165, 1.54) is 32.1 Å². The van der Waals surface area contributed by atoms with Crippen molar-refractivity contribution in [3.8, 4) is 0 Å². The Kier molecular flexibility index (Phi) is 2.94. The number of aliphatic hydroxyl groups is 1. The van der Waals surface area contributed by atoms with Gasteiger partial charge in [-0.2, -0.15) is 0 Å². The van der Waals surface area contributed by atoms with Gasteiger partial charge in [0.05, 0.1) is 5.60 Å². The molecule has 0 aromatic heterocycles. The molecule has 6 atom stereocenters. The van der Waals surface area contributed by atoms with E-state index in [0.717, 1.165) is 32.1 Å². The first-order valence-corrected chi connectivity index (χ1v) is 9.13. The molecule has 2 nitrogen and oxygen atoms in total. The highest BCUT2D eigenvalue weighted by Crippen LogP contribution is 2.67. The SMILES string of the molecule is C[C@]12CCC(=O)C[C@H]1CC[C@H]1[C@H]2CC[C@]2(C)CCC[C@@]12O. The van der Waals surface area contributed by atoms with Crippen molar-refractivity contribution in [3.63, 3.8) is 0 Å². The largest absolute Gasteiger partial charge is 0.389 e. The zero-order valence-corrected chi connectivity index (χ0v) is 13.7. The van der Waals surface area contributed by atoms with Gasteiger partial charge < -0.3 is 5.11 Å². The van der Waals surface area contributed by atoms with E-state index in [4.69, 9.17) is 0 Å². The maximum absolute atomic E-state index is 11.9. The Morgan fingerprint density at radius 2 is 1.81 bits per heavy atom. The molecule has 0 aliphatic heterocycles. The second-order valence-corrected chi connectivity index (χ2v) is 9.11. The zero-order valence-electron chi connectivity index (χ0n) is 13.7. The summed E-state index contributed by atoms with van der Waals surface area (Å²) in [6.45, 7) is 4.79. The number of rotatable bonds is 0. The van der Waals surface area contributed by atoms with Gasteiger partial charge in [0.2, 0.25) is 0 Å². The van der Waals surface area contributed by atoms with Crippen LogP contribution in [-0.4, -0.2) is 16.5 Å². The second-order valence-electron chi connectivity index (χ2n) is 9.11. The molecule has 0 aromatic rings. The summed E-state index contributed by atoms with van der Waals surface area (Å²) in [5.41, 5.74) is 0.0731. The molecular weight excluding hydrogens is 260 g/mol. The number of carbonyl (C=O) groups is 1. The molecule has 0 heterocycles. The van der Waals surface area contributed by atoms with Crippen LogP contribution in [-0.2, 0) is 4.79 Å². The first-order chi connectivity index (χ1) is 9.89. The minimum Gasteiger partial charge on any atom is -0.389 e. The number of Topliss-reactive ketones (excluding diaryl/α,β-unsaturated/α-hetero) is 1. The van der Waals surface area contributed by atoms with Crippen molar-refractivity contribution in [1.82, 2.24) is 0 Å². The Hall–Kier alpha value is -0.370. The van der Waals surface area contributed by atoms with Crippen molar-refractivity contribution in [3.05, 3.63) is 0 Å². The van der Waals surface area contributed by atoms with Crippen molar-refractivity contribution in [2.45, 2.75) is 83.7 Å². The fourth-order valence-corrected chi connectivity index (χ4v) is 7.00. The fraction of sp³-hybridized carbons (Fsp3) is 0.947. The Labute approximate surface area is 128 Å². The molecular formula is C19H30O2. The predicted molar refractivity (Wildman–Crippen MR) is 82.8 cm³/mol. The highest BCUT2D eigenvalue weighted by atomic mass is 16.3. The summed E-state index contributed by atoms with van der Waals surface area (Å²) in [4.78, 5) is 11.9. The van der Waals surface area contributed by atoms with Gasteiger partial charge in [-0.25, -0.2) is 0 Å². The number of fused-ring (bicyclic) bond motifs is 5. The Bertz CT molecular complexity index is 472. The van der Waals surface area contributed by atoms with Crippen LogP contribution in [0.25, 0.3) is 0 Å². The van der Waals surface area contributed by atoms with E-state index < -0.39 is 5.60 Å². The smallest absolute Gasteiger partial charge is 0.133 e. The molecule has 0 amide bonds. The van der Waals surface area contributed by atoms with Crippen molar-refractivity contribution in [2.75, 3.05) is 0 Å². The van der Waals surface area contributed by atoms with Crippen LogP contribution >= 0.6 is 0 Å². The molecule has 0 saturated heterocycles. The van der Waals surface area contributed by atoms with Gasteiger partial charge in [-0.1, -0.05) is 13.8 Å². The van der Waals surface area contributed by atoms with Crippen molar-refractivity contribution >= 4 is 5.78 Å². The summed E-state index contributed by atoms with van der Waals surface area (Å²) in [5.74, 6) is 2.22. The molecule has 2 heteroatoms. The van der Waals surface area contributed by atoms with Gasteiger partial charge in [-0.15, -0.1) is 0 Å². The minimum atomic E-state index is -0.411. The highest BCUT2D eigenvalue weighted by molar-refractivity contribution is 5.79. The maximum Gasteiger partial charge on any atom is 0.133 e. The van der Waals surface area contributed by atoms with E-state index in [9.17, 15) is 9.90 Å². The van der Waals surface area contributed by atoms with Crippen molar-refractivity contribution in [1.29, 1.82) is 0 Å². The molecule has 4 aliphatic carbocycles. The van der Waals surface area contributed by atoms with Crippen LogP contribution in [0, 0.1) is 28.6 Å². The summed E-state index contributed by atoms with van der Waals surface area (Å²) in [6, 6.07) is 0. The molecule has 4 fully saturated rings. The average Bonchev–Trinajstić information content (AvgIpc) is 2.75. The third kappa shape index (κ3) is 1.72. The first kappa shape index (κ1) is 14.2. The normalized spacial score (nSPS) is 56.5. The third-order valence-corrected chi connectivity index (χ3v) is 8.46. The predicted octanol–water partition coefficient (Wildman–Crippen LogP) is 4.10. The molecule has 0 bridgehead atoms. The van der Waals surface area contributed by atoms with Gasteiger partial charge in [0.15, 0.2) is 0 Å². The summed E-state index contributed by atoms with van der Waals surface area (Å²) < 4.78 is 0. The van der Waals surface area contributed by atoms with E-state index in [0.29, 0.717) is 29.0 Å². The number of hydrogen-bond acceptors (Lipinski definition) is 2.